The van der Waals surface area contributed by atoms with Crippen LogP contribution in [-0.4, -0.2) is 50.8 Å². The largest absolute Gasteiger partial charge is 0.379 e. The molecule has 1 fully saturated rings. The van der Waals surface area contributed by atoms with Gasteiger partial charge < -0.3 is 4.74 Å². The van der Waals surface area contributed by atoms with Crippen molar-refractivity contribution in [2.75, 3.05) is 26.3 Å². The van der Waals surface area contributed by atoms with Gasteiger partial charge in [-0.1, -0.05) is 6.07 Å². The molecule has 1 saturated heterocycles. The zero-order valence-electron chi connectivity index (χ0n) is 12.3. The molecule has 4 rings (SSSR count). The highest BCUT2D eigenvalue weighted by molar-refractivity contribution is 7.13. The van der Waals surface area contributed by atoms with Gasteiger partial charge in [0.2, 0.25) is 0 Å². The van der Waals surface area contributed by atoms with Gasteiger partial charge in [0.1, 0.15) is 0 Å². The molecule has 0 spiro atoms. The molecule has 4 heterocycles. The Kier molecular flexibility index (Phi) is 4.76. The number of fused-ring (bicyclic) bond motifs is 1. The first-order chi connectivity index (χ1) is 10.8. The average Bonchev–Trinajstić information content (AvgIpc) is 3.17. The van der Waals surface area contributed by atoms with Gasteiger partial charge in [0.15, 0.2) is 5.82 Å². The van der Waals surface area contributed by atoms with Crippen molar-refractivity contribution in [3.63, 3.8) is 0 Å². The standard InChI is InChI=1S/C14H15N5O2S.ClH/c20-12-8-10(9-18-3-5-21-6-4-18)15-14-16-13(17-19(12)14)11-2-1-7-22-11;/h1-2,7-8H,3-6,9H2,(H,15,16,17);1H. The van der Waals surface area contributed by atoms with Crippen LogP contribution in [0.2, 0.25) is 0 Å². The Morgan fingerprint density at radius 2 is 2.13 bits per heavy atom. The van der Waals surface area contributed by atoms with Gasteiger partial charge in [0, 0.05) is 25.7 Å². The van der Waals surface area contributed by atoms with Crippen LogP contribution in [0.3, 0.4) is 0 Å². The molecule has 1 aliphatic rings. The van der Waals surface area contributed by atoms with Crippen LogP contribution in [0, 0.1) is 0 Å². The zero-order chi connectivity index (χ0) is 14.9. The maximum atomic E-state index is 12.2. The first-order valence-corrected chi connectivity index (χ1v) is 8.00. The highest BCUT2D eigenvalue weighted by atomic mass is 35.5. The van der Waals surface area contributed by atoms with E-state index in [9.17, 15) is 4.79 Å². The normalized spacial score (nSPS) is 15.7. The summed E-state index contributed by atoms with van der Waals surface area (Å²) in [4.78, 5) is 24.4. The van der Waals surface area contributed by atoms with Crippen molar-refractivity contribution >= 4 is 29.5 Å². The molecule has 0 saturated carbocycles. The van der Waals surface area contributed by atoms with E-state index >= 15 is 0 Å². The monoisotopic (exact) mass is 353 g/mol. The highest BCUT2D eigenvalue weighted by Crippen LogP contribution is 2.20. The van der Waals surface area contributed by atoms with Crippen molar-refractivity contribution in [1.82, 2.24) is 24.5 Å². The summed E-state index contributed by atoms with van der Waals surface area (Å²) in [6.45, 7) is 3.83. The Bertz CT molecular complexity index is 839. The van der Waals surface area contributed by atoms with Gasteiger partial charge in [-0.15, -0.1) is 23.7 Å². The van der Waals surface area contributed by atoms with E-state index < -0.39 is 0 Å². The number of thiophene rings is 1. The smallest absolute Gasteiger partial charge is 0.274 e. The van der Waals surface area contributed by atoms with Crippen molar-refractivity contribution < 1.29 is 4.74 Å². The summed E-state index contributed by atoms with van der Waals surface area (Å²) in [7, 11) is 0. The van der Waals surface area contributed by atoms with E-state index in [2.05, 4.69) is 20.0 Å². The number of nitrogens with one attached hydrogen (secondary N) is 1. The minimum Gasteiger partial charge on any atom is -0.379 e. The second kappa shape index (κ2) is 6.79. The maximum Gasteiger partial charge on any atom is 0.274 e. The van der Waals surface area contributed by atoms with Crippen LogP contribution in [0.25, 0.3) is 16.5 Å². The lowest BCUT2D eigenvalue weighted by Crippen LogP contribution is -2.36. The highest BCUT2D eigenvalue weighted by Gasteiger charge is 2.14. The molecule has 0 aromatic carbocycles. The lowest BCUT2D eigenvalue weighted by atomic mass is 10.3. The van der Waals surface area contributed by atoms with Crippen LogP contribution in [0.5, 0.6) is 0 Å². The van der Waals surface area contributed by atoms with E-state index in [0.717, 1.165) is 36.9 Å². The number of aromatic amines is 1. The number of rotatable bonds is 3. The molecule has 0 bridgehead atoms. The van der Waals surface area contributed by atoms with Crippen LogP contribution >= 0.6 is 23.7 Å². The molecular weight excluding hydrogens is 338 g/mol. The van der Waals surface area contributed by atoms with Crippen LogP contribution < -0.4 is 5.56 Å². The molecular formula is C14H16ClN5O2S. The van der Waals surface area contributed by atoms with Crippen molar-refractivity contribution in [3.8, 4) is 10.7 Å². The molecule has 122 valence electrons. The molecule has 0 radical (unpaired) electrons. The molecule has 1 aliphatic heterocycles. The number of H-pyrrole nitrogens is 1. The second-order valence-corrected chi connectivity index (χ2v) is 6.11. The SMILES string of the molecule is Cl.O=c1cc(CN2CCOCC2)nc2nc(-c3cccs3)[nH]n12. The van der Waals surface area contributed by atoms with E-state index in [1.54, 1.807) is 17.4 Å². The summed E-state index contributed by atoms with van der Waals surface area (Å²) in [6.07, 6.45) is 0. The number of ether oxygens (including phenoxy) is 1. The summed E-state index contributed by atoms with van der Waals surface area (Å²) in [5.74, 6) is 1.09. The van der Waals surface area contributed by atoms with Gasteiger partial charge >= 0.3 is 0 Å². The van der Waals surface area contributed by atoms with Gasteiger partial charge in [0.25, 0.3) is 11.3 Å². The quantitative estimate of drug-likeness (QED) is 0.770. The van der Waals surface area contributed by atoms with Crippen LogP contribution in [0.1, 0.15) is 5.69 Å². The van der Waals surface area contributed by atoms with Gasteiger partial charge in [-0.3, -0.25) is 14.8 Å². The molecule has 0 amide bonds. The molecule has 23 heavy (non-hydrogen) atoms. The van der Waals surface area contributed by atoms with Crippen molar-refractivity contribution in [1.29, 1.82) is 0 Å². The number of morpholine rings is 1. The summed E-state index contributed by atoms with van der Waals surface area (Å²) >= 11 is 1.57. The predicted molar refractivity (Wildman–Crippen MR) is 90.3 cm³/mol. The van der Waals surface area contributed by atoms with Crippen molar-refractivity contribution in [2.24, 2.45) is 0 Å². The molecule has 0 atom stereocenters. The third kappa shape index (κ3) is 3.30. The van der Waals surface area contributed by atoms with Crippen LogP contribution in [0.15, 0.2) is 28.4 Å². The fourth-order valence-corrected chi connectivity index (χ4v) is 3.18. The van der Waals surface area contributed by atoms with E-state index in [1.165, 1.54) is 4.52 Å². The van der Waals surface area contributed by atoms with Crippen LogP contribution in [-0.2, 0) is 11.3 Å². The number of hydrogen-bond donors (Lipinski definition) is 1. The number of aromatic nitrogens is 4. The third-order valence-corrected chi connectivity index (χ3v) is 4.50. The Labute approximate surface area is 142 Å². The number of nitrogens with zero attached hydrogens (tertiary/aromatic N) is 4. The third-order valence-electron chi connectivity index (χ3n) is 3.63. The second-order valence-electron chi connectivity index (χ2n) is 5.16. The average molecular weight is 354 g/mol. The maximum absolute atomic E-state index is 12.2. The predicted octanol–water partition coefficient (Wildman–Crippen LogP) is 1.40. The topological polar surface area (TPSA) is 75.5 Å². The Morgan fingerprint density at radius 3 is 2.87 bits per heavy atom. The van der Waals surface area contributed by atoms with Crippen molar-refractivity contribution in [2.45, 2.75) is 6.54 Å². The minimum absolute atomic E-state index is 0. The molecule has 0 unspecified atom stereocenters. The van der Waals surface area contributed by atoms with E-state index in [-0.39, 0.29) is 18.0 Å². The Hall–Kier alpha value is -1.74. The summed E-state index contributed by atoms with van der Waals surface area (Å²) < 4.78 is 6.72. The van der Waals surface area contributed by atoms with Gasteiger partial charge in [0.05, 0.1) is 23.8 Å². The molecule has 3 aromatic heterocycles. The van der Waals surface area contributed by atoms with Crippen LogP contribution in [0.4, 0.5) is 0 Å². The van der Waals surface area contributed by atoms with E-state index in [4.69, 9.17) is 4.74 Å². The fourth-order valence-electron chi connectivity index (χ4n) is 2.52. The first kappa shape index (κ1) is 16.1. The Balaban J connectivity index is 0.00000156. The summed E-state index contributed by atoms with van der Waals surface area (Å²) in [5, 5.41) is 4.98. The Morgan fingerprint density at radius 1 is 1.30 bits per heavy atom. The van der Waals surface area contributed by atoms with E-state index in [0.29, 0.717) is 18.1 Å². The number of hydrogen-bond acceptors (Lipinski definition) is 6. The summed E-state index contributed by atoms with van der Waals surface area (Å²) in [6, 6.07) is 5.48. The molecule has 7 nitrogen and oxygen atoms in total. The lowest BCUT2D eigenvalue weighted by Gasteiger charge is -2.25. The summed E-state index contributed by atoms with van der Waals surface area (Å²) in [5.41, 5.74) is 0.611. The zero-order valence-corrected chi connectivity index (χ0v) is 13.9. The molecule has 3 aromatic rings. The lowest BCUT2D eigenvalue weighted by molar-refractivity contribution is 0.0336. The number of halogens is 1. The molecule has 9 heteroatoms. The molecule has 1 N–H and O–H groups in total. The van der Waals surface area contributed by atoms with Gasteiger partial charge in [-0.05, 0) is 11.4 Å². The fraction of sp³-hybridized carbons (Fsp3) is 0.357. The minimum atomic E-state index is -0.136. The van der Waals surface area contributed by atoms with Gasteiger partial charge in [-0.2, -0.15) is 9.50 Å². The van der Waals surface area contributed by atoms with Gasteiger partial charge in [-0.25, -0.2) is 4.98 Å². The van der Waals surface area contributed by atoms with E-state index in [1.807, 2.05) is 17.5 Å². The first-order valence-electron chi connectivity index (χ1n) is 7.12. The van der Waals surface area contributed by atoms with Crippen molar-refractivity contribution in [3.05, 3.63) is 39.6 Å². The molecule has 0 aliphatic carbocycles.